The van der Waals surface area contributed by atoms with Crippen LogP contribution in [-0.4, -0.2) is 36.6 Å². The minimum absolute atomic E-state index is 0.766. The van der Waals surface area contributed by atoms with Crippen molar-refractivity contribution in [1.82, 2.24) is 10.2 Å². The van der Waals surface area contributed by atoms with Gasteiger partial charge >= 0.3 is 0 Å². The molecule has 0 aromatic heterocycles. The molecule has 0 aromatic carbocycles. The molecule has 3 unspecified atom stereocenters. The lowest BCUT2D eigenvalue weighted by Crippen LogP contribution is -2.53. The molecule has 3 atom stereocenters. The van der Waals surface area contributed by atoms with Gasteiger partial charge in [0.2, 0.25) is 0 Å². The molecule has 1 heterocycles. The lowest BCUT2D eigenvalue weighted by molar-refractivity contribution is 0.0895. The molecule has 2 saturated carbocycles. The molecular weight excluding hydrogens is 220 g/mol. The number of rotatable bonds is 6. The summed E-state index contributed by atoms with van der Waals surface area (Å²) in [5.41, 5.74) is 0. The highest BCUT2D eigenvalue weighted by Gasteiger charge is 2.37. The number of hydrogen-bond donors (Lipinski definition) is 1. The zero-order chi connectivity index (χ0) is 12.5. The van der Waals surface area contributed by atoms with Gasteiger partial charge in [-0.2, -0.15) is 0 Å². The molecule has 0 amide bonds. The standard InChI is InChI=1S/C16H30N2/c1-3-16(14-6-7-14)18-10-12(2)8-15(11-18)17-9-13-4-5-13/h12-17H,3-11H2,1-2H3. The number of hydrogen-bond acceptors (Lipinski definition) is 2. The monoisotopic (exact) mass is 250 g/mol. The maximum Gasteiger partial charge on any atom is 0.0198 e. The third-order valence-electron chi connectivity index (χ3n) is 5.13. The fourth-order valence-electron chi connectivity index (χ4n) is 3.84. The Bertz CT molecular complexity index is 270. The maximum absolute atomic E-state index is 3.84. The smallest absolute Gasteiger partial charge is 0.0198 e. The second kappa shape index (κ2) is 5.50. The first-order valence-electron chi connectivity index (χ1n) is 8.23. The molecule has 0 aromatic rings. The number of nitrogens with zero attached hydrogens (tertiary/aromatic N) is 1. The van der Waals surface area contributed by atoms with Crippen molar-refractivity contribution < 1.29 is 0 Å². The Morgan fingerprint density at radius 3 is 2.56 bits per heavy atom. The van der Waals surface area contributed by atoms with Crippen molar-refractivity contribution in [2.75, 3.05) is 19.6 Å². The summed E-state index contributed by atoms with van der Waals surface area (Å²) in [5.74, 6) is 2.92. The molecular formula is C16H30N2. The van der Waals surface area contributed by atoms with Gasteiger partial charge in [-0.15, -0.1) is 0 Å². The fourth-order valence-corrected chi connectivity index (χ4v) is 3.84. The Hall–Kier alpha value is -0.0800. The largest absolute Gasteiger partial charge is 0.312 e. The topological polar surface area (TPSA) is 15.3 Å². The Kier molecular flexibility index (Phi) is 3.95. The van der Waals surface area contributed by atoms with Crippen molar-refractivity contribution in [2.24, 2.45) is 17.8 Å². The lowest BCUT2D eigenvalue weighted by Gasteiger charge is -2.41. The summed E-state index contributed by atoms with van der Waals surface area (Å²) in [6.07, 6.45) is 8.67. The quantitative estimate of drug-likeness (QED) is 0.780. The first-order chi connectivity index (χ1) is 8.76. The van der Waals surface area contributed by atoms with E-state index in [1.165, 1.54) is 58.2 Å². The Labute approximate surface area is 113 Å². The molecule has 18 heavy (non-hydrogen) atoms. The van der Waals surface area contributed by atoms with E-state index in [2.05, 4.69) is 24.1 Å². The summed E-state index contributed by atoms with van der Waals surface area (Å²) in [5, 5.41) is 3.84. The van der Waals surface area contributed by atoms with E-state index in [4.69, 9.17) is 0 Å². The Morgan fingerprint density at radius 2 is 1.94 bits per heavy atom. The molecule has 0 bridgehead atoms. The summed E-state index contributed by atoms with van der Waals surface area (Å²) in [4.78, 5) is 2.82. The van der Waals surface area contributed by atoms with Gasteiger partial charge in [0.25, 0.3) is 0 Å². The molecule has 3 aliphatic rings. The molecule has 3 rings (SSSR count). The Morgan fingerprint density at radius 1 is 1.17 bits per heavy atom. The molecule has 2 aliphatic carbocycles. The predicted molar refractivity (Wildman–Crippen MR) is 76.7 cm³/mol. The average Bonchev–Trinajstić information content (AvgIpc) is 3.21. The molecule has 0 spiro atoms. The van der Waals surface area contributed by atoms with Crippen LogP contribution >= 0.6 is 0 Å². The van der Waals surface area contributed by atoms with Crippen molar-refractivity contribution in [2.45, 2.75) is 64.5 Å². The summed E-state index contributed by atoms with van der Waals surface area (Å²) in [7, 11) is 0. The van der Waals surface area contributed by atoms with Crippen LogP contribution in [0.3, 0.4) is 0 Å². The van der Waals surface area contributed by atoms with Gasteiger partial charge in [-0.25, -0.2) is 0 Å². The van der Waals surface area contributed by atoms with E-state index < -0.39 is 0 Å². The lowest BCUT2D eigenvalue weighted by atomic mass is 9.93. The van der Waals surface area contributed by atoms with Crippen molar-refractivity contribution in [1.29, 1.82) is 0 Å². The molecule has 1 aliphatic heterocycles. The van der Waals surface area contributed by atoms with Gasteiger partial charge in [0.1, 0.15) is 0 Å². The first-order valence-corrected chi connectivity index (χ1v) is 8.23. The van der Waals surface area contributed by atoms with Crippen LogP contribution in [0.2, 0.25) is 0 Å². The molecule has 0 radical (unpaired) electrons. The summed E-state index contributed by atoms with van der Waals surface area (Å²) in [6.45, 7) is 8.76. The van der Waals surface area contributed by atoms with Gasteiger partial charge in [-0.1, -0.05) is 13.8 Å². The summed E-state index contributed by atoms with van der Waals surface area (Å²) < 4.78 is 0. The zero-order valence-corrected chi connectivity index (χ0v) is 12.2. The van der Waals surface area contributed by atoms with E-state index in [-0.39, 0.29) is 0 Å². The molecule has 2 nitrogen and oxygen atoms in total. The van der Waals surface area contributed by atoms with Gasteiger partial charge in [-0.05, 0) is 62.8 Å². The van der Waals surface area contributed by atoms with Crippen LogP contribution in [-0.2, 0) is 0 Å². The van der Waals surface area contributed by atoms with E-state index in [0.29, 0.717) is 0 Å². The van der Waals surface area contributed by atoms with Crippen LogP contribution in [0.5, 0.6) is 0 Å². The second-order valence-electron chi connectivity index (χ2n) is 7.16. The van der Waals surface area contributed by atoms with Crippen molar-refractivity contribution in [3.05, 3.63) is 0 Å². The fraction of sp³-hybridized carbons (Fsp3) is 1.00. The molecule has 2 heteroatoms. The van der Waals surface area contributed by atoms with E-state index in [1.54, 1.807) is 0 Å². The van der Waals surface area contributed by atoms with E-state index in [9.17, 15) is 0 Å². The highest BCUT2D eigenvalue weighted by molar-refractivity contribution is 4.92. The van der Waals surface area contributed by atoms with Crippen LogP contribution < -0.4 is 5.32 Å². The first kappa shape index (κ1) is 12.9. The van der Waals surface area contributed by atoms with E-state index in [0.717, 1.165) is 29.8 Å². The number of piperidine rings is 1. The van der Waals surface area contributed by atoms with Crippen LogP contribution in [0, 0.1) is 17.8 Å². The van der Waals surface area contributed by atoms with Gasteiger partial charge < -0.3 is 5.32 Å². The van der Waals surface area contributed by atoms with Gasteiger partial charge in [0, 0.05) is 25.2 Å². The van der Waals surface area contributed by atoms with Crippen molar-refractivity contribution in [3.63, 3.8) is 0 Å². The SMILES string of the molecule is CCC(C1CC1)N1CC(C)CC(NCC2CC2)C1. The normalized spacial score (nSPS) is 35.7. The highest BCUT2D eigenvalue weighted by Crippen LogP contribution is 2.38. The van der Waals surface area contributed by atoms with Crippen LogP contribution in [0.15, 0.2) is 0 Å². The van der Waals surface area contributed by atoms with Crippen molar-refractivity contribution >= 4 is 0 Å². The zero-order valence-electron chi connectivity index (χ0n) is 12.2. The van der Waals surface area contributed by atoms with Gasteiger partial charge in [0.15, 0.2) is 0 Å². The number of nitrogens with one attached hydrogen (secondary N) is 1. The summed E-state index contributed by atoms with van der Waals surface area (Å²) in [6, 6.07) is 1.65. The molecule has 1 saturated heterocycles. The minimum Gasteiger partial charge on any atom is -0.312 e. The number of likely N-dealkylation sites (tertiary alicyclic amines) is 1. The van der Waals surface area contributed by atoms with Crippen LogP contribution in [0.4, 0.5) is 0 Å². The average molecular weight is 250 g/mol. The highest BCUT2D eigenvalue weighted by atomic mass is 15.2. The van der Waals surface area contributed by atoms with E-state index in [1.807, 2.05) is 0 Å². The molecule has 104 valence electrons. The van der Waals surface area contributed by atoms with E-state index >= 15 is 0 Å². The van der Waals surface area contributed by atoms with Gasteiger partial charge in [0.05, 0.1) is 0 Å². The predicted octanol–water partition coefficient (Wildman–Crippen LogP) is 2.89. The third kappa shape index (κ3) is 3.27. The maximum atomic E-state index is 3.84. The second-order valence-corrected chi connectivity index (χ2v) is 7.16. The molecule has 1 N–H and O–H groups in total. The van der Waals surface area contributed by atoms with Gasteiger partial charge in [-0.3, -0.25) is 4.90 Å². The van der Waals surface area contributed by atoms with Crippen molar-refractivity contribution in [3.8, 4) is 0 Å². The third-order valence-corrected chi connectivity index (χ3v) is 5.13. The molecule has 3 fully saturated rings. The van der Waals surface area contributed by atoms with Crippen LogP contribution in [0.1, 0.15) is 52.4 Å². The van der Waals surface area contributed by atoms with Crippen LogP contribution in [0.25, 0.3) is 0 Å². The summed E-state index contributed by atoms with van der Waals surface area (Å²) >= 11 is 0. The minimum atomic E-state index is 0.766. The Balaban J connectivity index is 1.52.